The number of amides is 1. The fourth-order valence-electron chi connectivity index (χ4n) is 1.76. The van der Waals surface area contributed by atoms with Crippen molar-refractivity contribution in [1.29, 1.82) is 0 Å². The summed E-state index contributed by atoms with van der Waals surface area (Å²) in [4.78, 5) is 11.9. The molecule has 0 aliphatic heterocycles. The van der Waals surface area contributed by atoms with Gasteiger partial charge in [-0.3, -0.25) is 4.79 Å². The van der Waals surface area contributed by atoms with E-state index in [1.54, 1.807) is 12.1 Å². The fraction of sp³-hybridized carbons (Fsp3) is 0.500. The van der Waals surface area contributed by atoms with Crippen molar-refractivity contribution in [3.63, 3.8) is 0 Å². The molecular weight excluding hydrogens is 313 g/mol. The second kappa shape index (κ2) is 7.60. The van der Waals surface area contributed by atoms with Gasteiger partial charge in [0.15, 0.2) is 0 Å². The zero-order valence-corrected chi connectivity index (χ0v) is 12.7. The Morgan fingerprint density at radius 3 is 2.74 bits per heavy atom. The van der Waals surface area contributed by atoms with Crippen LogP contribution in [-0.4, -0.2) is 23.7 Å². The molecule has 0 aliphatic rings. The van der Waals surface area contributed by atoms with Crippen molar-refractivity contribution in [2.24, 2.45) is 5.92 Å². The van der Waals surface area contributed by atoms with Crippen LogP contribution in [0.25, 0.3) is 0 Å². The van der Waals surface area contributed by atoms with Crippen LogP contribution in [0.15, 0.2) is 22.7 Å². The summed E-state index contributed by atoms with van der Waals surface area (Å²) >= 11 is 3.13. The molecule has 19 heavy (non-hydrogen) atoms. The predicted molar refractivity (Wildman–Crippen MR) is 76.3 cm³/mol. The maximum Gasteiger partial charge on any atom is 0.223 e. The van der Waals surface area contributed by atoms with Gasteiger partial charge in [-0.05, 0) is 53.4 Å². The molecule has 0 radical (unpaired) electrons. The highest BCUT2D eigenvalue weighted by Crippen LogP contribution is 2.19. The number of halogens is 2. The van der Waals surface area contributed by atoms with Gasteiger partial charge in [-0.1, -0.05) is 13.0 Å². The van der Waals surface area contributed by atoms with Gasteiger partial charge in [0.05, 0.1) is 4.47 Å². The summed E-state index contributed by atoms with van der Waals surface area (Å²) in [7, 11) is 0. The Balaban J connectivity index is 2.56. The van der Waals surface area contributed by atoms with Crippen molar-refractivity contribution in [2.75, 3.05) is 6.61 Å². The minimum absolute atomic E-state index is 0.0418. The van der Waals surface area contributed by atoms with Crippen LogP contribution in [0.5, 0.6) is 0 Å². The molecule has 1 unspecified atom stereocenters. The molecule has 2 N–H and O–H groups in total. The van der Waals surface area contributed by atoms with Crippen molar-refractivity contribution in [3.05, 3.63) is 34.1 Å². The fourth-order valence-corrected chi connectivity index (χ4v) is 2.19. The van der Waals surface area contributed by atoms with Gasteiger partial charge in [-0.25, -0.2) is 4.39 Å². The lowest BCUT2D eigenvalue weighted by atomic mass is 10.00. The second-order valence-corrected chi connectivity index (χ2v) is 5.63. The van der Waals surface area contributed by atoms with Gasteiger partial charge in [-0.2, -0.15) is 0 Å². The van der Waals surface area contributed by atoms with E-state index in [1.165, 1.54) is 6.07 Å². The monoisotopic (exact) mass is 331 g/mol. The summed E-state index contributed by atoms with van der Waals surface area (Å²) in [5, 5.41) is 11.6. The minimum atomic E-state index is -0.308. The van der Waals surface area contributed by atoms with Gasteiger partial charge in [-0.15, -0.1) is 0 Å². The van der Waals surface area contributed by atoms with Gasteiger partial charge >= 0.3 is 0 Å². The van der Waals surface area contributed by atoms with E-state index in [0.717, 1.165) is 5.56 Å². The molecule has 106 valence electrons. The average Bonchev–Trinajstić information content (AvgIpc) is 2.34. The number of rotatable bonds is 6. The van der Waals surface area contributed by atoms with E-state index in [0.29, 0.717) is 17.3 Å². The summed E-state index contributed by atoms with van der Waals surface area (Å²) in [6.07, 6.45) is 1.09. The van der Waals surface area contributed by atoms with Crippen molar-refractivity contribution in [1.82, 2.24) is 5.32 Å². The van der Waals surface area contributed by atoms with Crippen LogP contribution in [0.2, 0.25) is 0 Å². The van der Waals surface area contributed by atoms with Crippen LogP contribution >= 0.6 is 15.9 Å². The topological polar surface area (TPSA) is 49.3 Å². The lowest BCUT2D eigenvalue weighted by Crippen LogP contribution is -2.37. The van der Waals surface area contributed by atoms with Crippen molar-refractivity contribution < 1.29 is 14.3 Å². The Labute approximate surface area is 121 Å². The standard InChI is InChI=1S/C14H19BrFNO2/c1-9(14(19)17-10(2)5-6-18)7-11-3-4-13(16)12(15)8-11/h3-4,8-10,18H,5-7H2,1-2H3,(H,17,19)/t9?,10-/m1/s1. The largest absolute Gasteiger partial charge is 0.396 e. The lowest BCUT2D eigenvalue weighted by Gasteiger charge is -2.17. The van der Waals surface area contributed by atoms with Gasteiger partial charge < -0.3 is 10.4 Å². The summed E-state index contributed by atoms with van der Waals surface area (Å²) in [6.45, 7) is 3.74. The van der Waals surface area contributed by atoms with Gasteiger partial charge in [0.2, 0.25) is 5.91 Å². The summed E-state index contributed by atoms with van der Waals surface area (Å²) in [5.74, 6) is -0.558. The van der Waals surface area contributed by atoms with Crippen LogP contribution in [0.4, 0.5) is 4.39 Å². The zero-order chi connectivity index (χ0) is 14.4. The molecule has 1 rings (SSSR count). The molecule has 0 aliphatic carbocycles. The zero-order valence-electron chi connectivity index (χ0n) is 11.1. The molecule has 1 amide bonds. The molecule has 1 aromatic rings. The molecule has 0 heterocycles. The summed E-state index contributed by atoms with van der Waals surface area (Å²) in [6, 6.07) is 4.72. The SMILES string of the molecule is CC(Cc1ccc(F)c(Br)c1)C(=O)N[C@H](C)CCO. The second-order valence-electron chi connectivity index (χ2n) is 4.78. The van der Waals surface area contributed by atoms with Gasteiger partial charge in [0, 0.05) is 18.6 Å². The molecule has 0 saturated carbocycles. The minimum Gasteiger partial charge on any atom is -0.396 e. The molecule has 0 spiro atoms. The van der Waals surface area contributed by atoms with Crippen LogP contribution in [-0.2, 0) is 11.2 Å². The number of aliphatic hydroxyl groups excluding tert-OH is 1. The first kappa shape index (κ1) is 16.1. The van der Waals surface area contributed by atoms with E-state index in [2.05, 4.69) is 21.2 Å². The van der Waals surface area contributed by atoms with E-state index in [-0.39, 0.29) is 30.3 Å². The van der Waals surface area contributed by atoms with Gasteiger partial charge in [0.1, 0.15) is 5.82 Å². The number of carbonyl (C=O) groups is 1. The highest BCUT2D eigenvalue weighted by Gasteiger charge is 2.16. The number of nitrogens with one attached hydrogen (secondary N) is 1. The van der Waals surface area contributed by atoms with E-state index < -0.39 is 0 Å². The molecule has 2 atom stereocenters. The molecular formula is C14H19BrFNO2. The molecule has 0 saturated heterocycles. The first-order valence-corrected chi connectivity index (χ1v) is 7.08. The highest BCUT2D eigenvalue weighted by molar-refractivity contribution is 9.10. The Hall–Kier alpha value is -0.940. The lowest BCUT2D eigenvalue weighted by molar-refractivity contribution is -0.125. The normalized spacial score (nSPS) is 13.9. The highest BCUT2D eigenvalue weighted by atomic mass is 79.9. The van der Waals surface area contributed by atoms with Crippen molar-refractivity contribution in [3.8, 4) is 0 Å². The molecule has 1 aromatic carbocycles. The Morgan fingerprint density at radius 2 is 2.16 bits per heavy atom. The van der Waals surface area contributed by atoms with E-state index in [4.69, 9.17) is 5.11 Å². The maximum absolute atomic E-state index is 13.1. The van der Waals surface area contributed by atoms with Crippen LogP contribution in [0.3, 0.4) is 0 Å². The number of hydrogen-bond donors (Lipinski definition) is 2. The summed E-state index contributed by atoms with van der Waals surface area (Å²) < 4.78 is 13.5. The van der Waals surface area contributed by atoms with Crippen LogP contribution in [0, 0.1) is 11.7 Å². The first-order chi connectivity index (χ1) is 8.93. The Bertz CT molecular complexity index is 439. The number of carbonyl (C=O) groups excluding carboxylic acids is 1. The average molecular weight is 332 g/mol. The molecule has 0 bridgehead atoms. The third-order valence-electron chi connectivity index (χ3n) is 2.92. The predicted octanol–water partition coefficient (Wildman–Crippen LogP) is 2.65. The number of aliphatic hydroxyl groups is 1. The molecule has 3 nitrogen and oxygen atoms in total. The summed E-state index contributed by atoms with van der Waals surface area (Å²) in [5.41, 5.74) is 0.908. The van der Waals surface area contributed by atoms with Crippen molar-refractivity contribution in [2.45, 2.75) is 32.7 Å². The van der Waals surface area contributed by atoms with E-state index in [1.807, 2.05) is 13.8 Å². The van der Waals surface area contributed by atoms with Gasteiger partial charge in [0.25, 0.3) is 0 Å². The number of hydrogen-bond acceptors (Lipinski definition) is 2. The molecule has 0 aromatic heterocycles. The third-order valence-corrected chi connectivity index (χ3v) is 3.53. The van der Waals surface area contributed by atoms with E-state index in [9.17, 15) is 9.18 Å². The number of benzene rings is 1. The van der Waals surface area contributed by atoms with E-state index >= 15 is 0 Å². The van der Waals surface area contributed by atoms with Crippen LogP contribution < -0.4 is 5.32 Å². The Morgan fingerprint density at radius 1 is 1.47 bits per heavy atom. The Kier molecular flexibility index (Phi) is 6.45. The quantitative estimate of drug-likeness (QED) is 0.841. The molecule has 0 fully saturated rings. The maximum atomic E-state index is 13.1. The van der Waals surface area contributed by atoms with Crippen molar-refractivity contribution >= 4 is 21.8 Å². The van der Waals surface area contributed by atoms with Crippen LogP contribution in [0.1, 0.15) is 25.8 Å². The first-order valence-electron chi connectivity index (χ1n) is 6.29. The smallest absolute Gasteiger partial charge is 0.223 e. The molecule has 5 heteroatoms. The third kappa shape index (κ3) is 5.28.